The average Bonchev–Trinajstić information content (AvgIpc) is 3.66. The molecule has 198 valence electrons. The molecule has 6 rings (SSSR count). The van der Waals surface area contributed by atoms with E-state index in [-0.39, 0.29) is 36.8 Å². The summed E-state index contributed by atoms with van der Waals surface area (Å²) >= 11 is 0. The number of fused-ring (bicyclic) bond motifs is 3. The second-order valence-corrected chi connectivity index (χ2v) is 10.5. The molecule has 2 fully saturated rings. The van der Waals surface area contributed by atoms with Crippen molar-refractivity contribution in [3.05, 3.63) is 64.5 Å². The number of halogens is 1. The molecule has 10 heteroatoms. The molecule has 1 saturated heterocycles. The number of anilines is 1. The maximum atomic E-state index is 14.0. The SMILES string of the molecule is CNC(=O)Nc1ccc2c(c1)CC[C@@]21OC(=O)N(CC(=O)N2Cc3cc(F)ccc3CC[C@@H]2C2CC2)C1=O. The van der Waals surface area contributed by atoms with E-state index in [0.717, 1.165) is 47.3 Å². The van der Waals surface area contributed by atoms with E-state index in [2.05, 4.69) is 10.6 Å². The molecule has 2 aromatic rings. The number of nitrogens with zero attached hydrogens (tertiary/aromatic N) is 2. The molecule has 0 unspecified atom stereocenters. The minimum absolute atomic E-state index is 0.0147. The normalized spacial score (nSPS) is 24.1. The third kappa shape index (κ3) is 4.08. The van der Waals surface area contributed by atoms with E-state index in [1.54, 1.807) is 29.2 Å². The van der Waals surface area contributed by atoms with Gasteiger partial charge in [-0.2, -0.15) is 0 Å². The fraction of sp³-hybridized carbons (Fsp3) is 0.429. The molecule has 4 aliphatic rings. The Morgan fingerprint density at radius 1 is 1.05 bits per heavy atom. The molecule has 1 spiro atoms. The lowest BCUT2D eigenvalue weighted by atomic mass is 9.94. The first-order valence-corrected chi connectivity index (χ1v) is 13.0. The molecule has 2 heterocycles. The van der Waals surface area contributed by atoms with Crippen molar-refractivity contribution in [2.24, 2.45) is 5.92 Å². The zero-order valence-electron chi connectivity index (χ0n) is 21.1. The van der Waals surface area contributed by atoms with E-state index in [0.29, 0.717) is 23.6 Å². The molecule has 0 aromatic heterocycles. The van der Waals surface area contributed by atoms with Gasteiger partial charge in [-0.3, -0.25) is 9.59 Å². The number of carbonyl (C=O) groups excluding carboxylic acids is 4. The van der Waals surface area contributed by atoms with Crippen LogP contribution in [0.4, 0.5) is 19.7 Å². The smallest absolute Gasteiger partial charge is 0.418 e. The summed E-state index contributed by atoms with van der Waals surface area (Å²) in [4.78, 5) is 54.6. The molecule has 2 aromatic carbocycles. The van der Waals surface area contributed by atoms with Gasteiger partial charge in [0.05, 0.1) is 0 Å². The molecule has 0 radical (unpaired) electrons. The van der Waals surface area contributed by atoms with Gasteiger partial charge in [0.2, 0.25) is 11.5 Å². The van der Waals surface area contributed by atoms with E-state index < -0.39 is 24.1 Å². The summed E-state index contributed by atoms with van der Waals surface area (Å²) in [5.74, 6) is -0.865. The van der Waals surface area contributed by atoms with Crippen LogP contribution < -0.4 is 10.6 Å². The Kier molecular flexibility index (Phi) is 5.85. The van der Waals surface area contributed by atoms with Gasteiger partial charge in [-0.05, 0) is 79.0 Å². The highest BCUT2D eigenvalue weighted by Crippen LogP contribution is 2.46. The van der Waals surface area contributed by atoms with Gasteiger partial charge in [-0.15, -0.1) is 0 Å². The van der Waals surface area contributed by atoms with Gasteiger partial charge in [0.1, 0.15) is 12.4 Å². The molecular weight excluding hydrogens is 491 g/mol. The van der Waals surface area contributed by atoms with Crippen LogP contribution in [0.25, 0.3) is 0 Å². The van der Waals surface area contributed by atoms with Crippen LogP contribution in [0.3, 0.4) is 0 Å². The predicted octanol–water partition coefficient (Wildman–Crippen LogP) is 3.45. The topological polar surface area (TPSA) is 108 Å². The summed E-state index contributed by atoms with van der Waals surface area (Å²) < 4.78 is 19.7. The van der Waals surface area contributed by atoms with Crippen LogP contribution >= 0.6 is 0 Å². The van der Waals surface area contributed by atoms with Gasteiger partial charge < -0.3 is 20.3 Å². The number of nitrogens with one attached hydrogen (secondary N) is 2. The maximum absolute atomic E-state index is 14.0. The number of hydrogen-bond donors (Lipinski definition) is 2. The van der Waals surface area contributed by atoms with Crippen LogP contribution in [0.5, 0.6) is 0 Å². The van der Waals surface area contributed by atoms with Gasteiger partial charge >= 0.3 is 12.1 Å². The van der Waals surface area contributed by atoms with E-state index in [1.807, 2.05) is 0 Å². The summed E-state index contributed by atoms with van der Waals surface area (Å²) in [6.45, 7) is -0.168. The largest absolute Gasteiger partial charge is 0.427 e. The summed E-state index contributed by atoms with van der Waals surface area (Å²) in [5, 5.41) is 5.18. The van der Waals surface area contributed by atoms with Crippen molar-refractivity contribution in [1.29, 1.82) is 0 Å². The molecule has 38 heavy (non-hydrogen) atoms. The lowest BCUT2D eigenvalue weighted by Gasteiger charge is -2.31. The minimum Gasteiger partial charge on any atom is -0.427 e. The molecule has 2 aliphatic carbocycles. The predicted molar refractivity (Wildman–Crippen MR) is 134 cm³/mol. The Balaban J connectivity index is 1.23. The summed E-state index contributed by atoms with van der Waals surface area (Å²) in [5.41, 5.74) is 2.25. The van der Waals surface area contributed by atoms with Crippen molar-refractivity contribution in [3.63, 3.8) is 0 Å². The van der Waals surface area contributed by atoms with Gasteiger partial charge in [-0.1, -0.05) is 12.1 Å². The van der Waals surface area contributed by atoms with Crippen molar-refractivity contribution in [2.75, 3.05) is 18.9 Å². The van der Waals surface area contributed by atoms with Crippen LogP contribution in [0.2, 0.25) is 0 Å². The third-order valence-corrected chi connectivity index (χ3v) is 8.24. The van der Waals surface area contributed by atoms with E-state index in [4.69, 9.17) is 4.74 Å². The number of urea groups is 1. The first-order valence-electron chi connectivity index (χ1n) is 13.0. The lowest BCUT2D eigenvalue weighted by molar-refractivity contribution is -0.143. The fourth-order valence-corrected chi connectivity index (χ4v) is 6.14. The first-order chi connectivity index (χ1) is 18.3. The van der Waals surface area contributed by atoms with Crippen molar-refractivity contribution < 1.29 is 28.3 Å². The van der Waals surface area contributed by atoms with Crippen LogP contribution in [-0.4, -0.2) is 53.4 Å². The number of rotatable bonds is 4. The zero-order chi connectivity index (χ0) is 26.6. The fourth-order valence-electron chi connectivity index (χ4n) is 6.14. The van der Waals surface area contributed by atoms with Crippen LogP contribution in [0, 0.1) is 11.7 Å². The summed E-state index contributed by atoms with van der Waals surface area (Å²) in [6.07, 6.45) is 3.48. The number of hydrogen-bond acceptors (Lipinski definition) is 5. The summed E-state index contributed by atoms with van der Waals surface area (Å²) in [7, 11) is 1.51. The Hall–Kier alpha value is -3.95. The van der Waals surface area contributed by atoms with Crippen molar-refractivity contribution in [2.45, 2.75) is 56.7 Å². The van der Waals surface area contributed by atoms with Gasteiger partial charge in [0.25, 0.3) is 5.91 Å². The molecule has 0 bridgehead atoms. The average molecular weight is 521 g/mol. The first kappa shape index (κ1) is 24.4. The molecule has 1 saturated carbocycles. The Labute approximate surface area is 219 Å². The second-order valence-electron chi connectivity index (χ2n) is 10.5. The zero-order valence-corrected chi connectivity index (χ0v) is 21.1. The van der Waals surface area contributed by atoms with Gasteiger partial charge in [0.15, 0.2) is 0 Å². The highest BCUT2D eigenvalue weighted by atomic mass is 19.1. The number of amides is 5. The van der Waals surface area contributed by atoms with Crippen LogP contribution in [-0.2, 0) is 39.3 Å². The number of aryl methyl sites for hydroxylation is 2. The van der Waals surface area contributed by atoms with E-state index in [1.165, 1.54) is 19.2 Å². The summed E-state index contributed by atoms with van der Waals surface area (Å²) in [6, 6.07) is 9.42. The highest BCUT2D eigenvalue weighted by molar-refractivity contribution is 6.06. The Morgan fingerprint density at radius 3 is 2.63 bits per heavy atom. The quantitative estimate of drug-likeness (QED) is 0.642. The molecule has 2 aliphatic heterocycles. The Bertz CT molecular complexity index is 1360. The number of carbonyl (C=O) groups is 4. The molecule has 9 nitrogen and oxygen atoms in total. The minimum atomic E-state index is -1.47. The van der Waals surface area contributed by atoms with Crippen LogP contribution in [0.15, 0.2) is 36.4 Å². The monoisotopic (exact) mass is 520 g/mol. The standard InChI is InChI=1S/C28H29FN4O5/c1-30-26(36)31-21-7-8-22-18(13-21)10-11-28(22)25(35)33(27(37)38-28)15-24(34)32-14-19-12-20(29)6-4-16(19)5-9-23(32)17-2-3-17/h4,6-8,12-13,17,23H,2-3,5,9-11,14-15H2,1H3,(H2,30,31,36)/t23-,28-/m1/s1. The maximum Gasteiger partial charge on any atom is 0.418 e. The molecule has 2 N–H and O–H groups in total. The number of ether oxygens (including phenoxy) is 1. The van der Waals surface area contributed by atoms with E-state index >= 15 is 0 Å². The van der Waals surface area contributed by atoms with Gasteiger partial charge in [-0.25, -0.2) is 18.9 Å². The Morgan fingerprint density at radius 2 is 1.87 bits per heavy atom. The van der Waals surface area contributed by atoms with Crippen LogP contribution in [0.1, 0.15) is 47.9 Å². The lowest BCUT2D eigenvalue weighted by Crippen LogP contribution is -2.48. The van der Waals surface area contributed by atoms with Gasteiger partial charge in [0, 0.05) is 37.3 Å². The second kappa shape index (κ2) is 9.11. The molecule has 5 amide bonds. The van der Waals surface area contributed by atoms with E-state index in [9.17, 15) is 23.6 Å². The molecular formula is C28H29FN4O5. The van der Waals surface area contributed by atoms with Crippen molar-refractivity contribution in [3.8, 4) is 0 Å². The van der Waals surface area contributed by atoms with Crippen molar-refractivity contribution >= 4 is 29.6 Å². The third-order valence-electron chi connectivity index (χ3n) is 8.24. The highest BCUT2D eigenvalue weighted by Gasteiger charge is 2.58. The van der Waals surface area contributed by atoms with Crippen molar-refractivity contribution in [1.82, 2.24) is 15.1 Å². The molecule has 2 atom stereocenters. The number of imide groups is 1. The number of benzene rings is 2.